The van der Waals surface area contributed by atoms with Gasteiger partial charge in [0.1, 0.15) is 12.2 Å². The topological polar surface area (TPSA) is 96.2 Å². The predicted molar refractivity (Wildman–Crippen MR) is 128 cm³/mol. The summed E-state index contributed by atoms with van der Waals surface area (Å²) in [5.41, 5.74) is 1.72. The first-order valence-corrected chi connectivity index (χ1v) is 11.2. The lowest BCUT2D eigenvalue weighted by Crippen LogP contribution is -2.73. The summed E-state index contributed by atoms with van der Waals surface area (Å²) in [6.07, 6.45) is 1.47. The van der Waals surface area contributed by atoms with Crippen molar-refractivity contribution in [3.05, 3.63) is 64.9 Å². The van der Waals surface area contributed by atoms with Crippen molar-refractivity contribution in [3.8, 4) is 17.1 Å². The van der Waals surface area contributed by atoms with E-state index in [1.807, 2.05) is 52.8 Å². The van der Waals surface area contributed by atoms with Crippen molar-refractivity contribution in [3.63, 3.8) is 0 Å². The van der Waals surface area contributed by atoms with Crippen molar-refractivity contribution < 1.29 is 9.90 Å². The Balaban J connectivity index is 1.68. The van der Waals surface area contributed by atoms with Crippen LogP contribution in [0.2, 0.25) is 10.0 Å². The molecular weight excluding hydrogens is 463 g/mol. The molecule has 0 saturated carbocycles. The molecule has 2 N–H and O–H groups in total. The highest BCUT2D eigenvalue weighted by atomic mass is 35.5. The number of hydrogen-bond acceptors (Lipinski definition) is 6. The average molecular weight is 483 g/mol. The molecule has 33 heavy (non-hydrogen) atoms. The second kappa shape index (κ2) is 8.30. The largest absolute Gasteiger partial charge is 0.480 e. The highest BCUT2D eigenvalue weighted by Crippen LogP contribution is 2.36. The molecule has 2 aromatic carbocycles. The van der Waals surface area contributed by atoms with Gasteiger partial charge >= 0.3 is 5.97 Å². The minimum atomic E-state index is -1.00. The molecule has 0 atom stereocenters. The number of nitrogens with zero attached hydrogens (tertiary/aromatic N) is 5. The number of imidazole rings is 1. The molecule has 8 nitrogen and oxygen atoms in total. The lowest BCUT2D eigenvalue weighted by atomic mass is 9.89. The third kappa shape index (κ3) is 3.60. The van der Waals surface area contributed by atoms with Crippen molar-refractivity contribution >= 4 is 46.2 Å². The van der Waals surface area contributed by atoms with Crippen LogP contribution in [0.5, 0.6) is 0 Å². The van der Waals surface area contributed by atoms with E-state index in [4.69, 9.17) is 28.2 Å². The van der Waals surface area contributed by atoms with Crippen LogP contribution < -0.4 is 10.2 Å². The fourth-order valence-corrected chi connectivity index (χ4v) is 4.53. The zero-order valence-electron chi connectivity index (χ0n) is 17.7. The molecule has 5 rings (SSSR count). The molecule has 0 spiro atoms. The Hall–Kier alpha value is -3.20. The van der Waals surface area contributed by atoms with Crippen molar-refractivity contribution in [2.75, 3.05) is 24.5 Å². The summed E-state index contributed by atoms with van der Waals surface area (Å²) in [7, 11) is 0. The number of halogens is 2. The quantitative estimate of drug-likeness (QED) is 0.427. The molecule has 168 valence electrons. The number of aromatic nitrogens is 4. The zero-order chi connectivity index (χ0) is 23.2. The fraction of sp³-hybridized carbons (Fsp3) is 0.217. The third-order valence-electron chi connectivity index (χ3n) is 5.77. The number of fused-ring (bicyclic) bond motifs is 1. The second-order valence-corrected chi connectivity index (χ2v) is 8.71. The smallest absolute Gasteiger partial charge is 0.327 e. The monoisotopic (exact) mass is 482 g/mol. The molecule has 2 aromatic heterocycles. The standard InChI is InChI=1S/C23H20Cl2N6O2/c1-2-28-23(22(32)33)11-30(12-23)20-18-21(27-13-26-20)31(15-9-7-14(24)8-10-15)19(29-18)16-5-3-4-6-17(16)25/h3-10,13,28H,2,11-12H2,1H3,(H,32,33). The van der Waals surface area contributed by atoms with Crippen molar-refractivity contribution in [1.82, 2.24) is 24.8 Å². The molecule has 3 heterocycles. The average Bonchev–Trinajstić information content (AvgIpc) is 3.16. The zero-order valence-corrected chi connectivity index (χ0v) is 19.2. The summed E-state index contributed by atoms with van der Waals surface area (Å²) in [5, 5.41) is 14.0. The number of anilines is 1. The number of aliphatic carboxylic acids is 1. The summed E-state index contributed by atoms with van der Waals surface area (Å²) in [5.74, 6) is 0.307. The number of benzene rings is 2. The third-order valence-corrected chi connectivity index (χ3v) is 6.35. The molecular formula is C23H20Cl2N6O2. The Bertz CT molecular complexity index is 1350. The van der Waals surface area contributed by atoms with Crippen LogP contribution in [0.3, 0.4) is 0 Å². The summed E-state index contributed by atoms with van der Waals surface area (Å²) >= 11 is 12.6. The molecule has 1 aliphatic rings. The highest BCUT2D eigenvalue weighted by molar-refractivity contribution is 6.33. The van der Waals surface area contributed by atoms with Gasteiger partial charge in [0.15, 0.2) is 22.5 Å². The molecule has 0 bridgehead atoms. The van der Waals surface area contributed by atoms with Crippen molar-refractivity contribution in [2.24, 2.45) is 0 Å². The van der Waals surface area contributed by atoms with E-state index in [9.17, 15) is 9.90 Å². The molecule has 1 fully saturated rings. The van der Waals surface area contributed by atoms with Gasteiger partial charge in [-0.2, -0.15) is 0 Å². The highest BCUT2D eigenvalue weighted by Gasteiger charge is 2.50. The first-order valence-electron chi connectivity index (χ1n) is 10.4. The van der Waals surface area contributed by atoms with Crippen LogP contribution >= 0.6 is 23.2 Å². The molecule has 4 aromatic rings. The number of likely N-dealkylation sites (N-methyl/N-ethyl adjacent to an activating group) is 1. The van der Waals surface area contributed by atoms with Crippen LogP contribution in [0.1, 0.15) is 6.92 Å². The molecule has 10 heteroatoms. The van der Waals surface area contributed by atoms with Gasteiger partial charge in [-0.1, -0.05) is 42.3 Å². The molecule has 0 unspecified atom stereocenters. The van der Waals surface area contributed by atoms with E-state index < -0.39 is 11.5 Å². The summed E-state index contributed by atoms with van der Waals surface area (Å²) in [6.45, 7) is 3.00. The van der Waals surface area contributed by atoms with E-state index in [-0.39, 0.29) is 13.1 Å². The molecule has 0 amide bonds. The molecule has 0 radical (unpaired) electrons. The van der Waals surface area contributed by atoms with Crippen LogP contribution in [0.25, 0.3) is 28.2 Å². The van der Waals surface area contributed by atoms with Crippen LogP contribution in [0, 0.1) is 0 Å². The Morgan fingerprint density at radius 1 is 1.12 bits per heavy atom. The number of carbonyl (C=O) groups is 1. The Morgan fingerprint density at radius 3 is 2.52 bits per heavy atom. The van der Waals surface area contributed by atoms with Gasteiger partial charge in [-0.3, -0.25) is 14.7 Å². The number of hydrogen-bond donors (Lipinski definition) is 2. The first-order chi connectivity index (χ1) is 15.9. The van der Waals surface area contributed by atoms with E-state index in [0.717, 1.165) is 11.3 Å². The van der Waals surface area contributed by atoms with Crippen molar-refractivity contribution in [1.29, 1.82) is 0 Å². The first kappa shape index (κ1) is 21.6. The van der Waals surface area contributed by atoms with E-state index >= 15 is 0 Å². The lowest BCUT2D eigenvalue weighted by Gasteiger charge is -2.47. The molecule has 1 aliphatic heterocycles. The van der Waals surface area contributed by atoms with Crippen molar-refractivity contribution in [2.45, 2.75) is 12.5 Å². The fourth-order valence-electron chi connectivity index (χ4n) is 4.19. The van der Waals surface area contributed by atoms with Crippen LogP contribution in [0.4, 0.5) is 5.82 Å². The number of rotatable bonds is 6. The van der Waals surface area contributed by atoms with Crippen LogP contribution in [-0.2, 0) is 4.79 Å². The normalized spacial score (nSPS) is 14.9. The number of carboxylic acids is 1. The minimum Gasteiger partial charge on any atom is -0.480 e. The van der Waals surface area contributed by atoms with Gasteiger partial charge < -0.3 is 10.0 Å². The van der Waals surface area contributed by atoms with Gasteiger partial charge in [0, 0.05) is 16.3 Å². The van der Waals surface area contributed by atoms with Gasteiger partial charge in [-0.15, -0.1) is 0 Å². The maximum absolute atomic E-state index is 11.9. The summed E-state index contributed by atoms with van der Waals surface area (Å²) in [6, 6.07) is 14.8. The second-order valence-electron chi connectivity index (χ2n) is 7.87. The van der Waals surface area contributed by atoms with Gasteiger partial charge in [-0.05, 0) is 42.9 Å². The van der Waals surface area contributed by atoms with Gasteiger partial charge in [0.05, 0.1) is 18.1 Å². The number of nitrogens with one attached hydrogen (secondary N) is 1. The maximum atomic E-state index is 11.9. The Morgan fingerprint density at radius 2 is 1.85 bits per heavy atom. The Labute approximate surface area is 199 Å². The van der Waals surface area contributed by atoms with Gasteiger partial charge in [-0.25, -0.2) is 15.0 Å². The van der Waals surface area contributed by atoms with E-state index in [2.05, 4.69) is 15.3 Å². The molecule has 1 saturated heterocycles. The van der Waals surface area contributed by atoms with Crippen LogP contribution in [-0.4, -0.2) is 55.8 Å². The maximum Gasteiger partial charge on any atom is 0.327 e. The van der Waals surface area contributed by atoms with Gasteiger partial charge in [0.2, 0.25) is 0 Å². The molecule has 0 aliphatic carbocycles. The predicted octanol–water partition coefficient (Wildman–Crippen LogP) is 4.04. The summed E-state index contributed by atoms with van der Waals surface area (Å²) in [4.78, 5) is 27.6. The van der Waals surface area contributed by atoms with E-state index in [1.165, 1.54) is 6.33 Å². The van der Waals surface area contributed by atoms with E-state index in [1.54, 1.807) is 12.1 Å². The van der Waals surface area contributed by atoms with E-state index in [0.29, 0.717) is 39.4 Å². The number of carboxylic acid groups (broad SMARTS) is 1. The lowest BCUT2D eigenvalue weighted by molar-refractivity contribution is -0.146. The SMILES string of the molecule is CCNC1(C(=O)O)CN(c2ncnc3c2nc(-c2ccccc2Cl)n3-c2ccc(Cl)cc2)C1. The van der Waals surface area contributed by atoms with Crippen LogP contribution in [0.15, 0.2) is 54.9 Å². The Kier molecular flexibility index (Phi) is 5.44. The van der Waals surface area contributed by atoms with Gasteiger partial charge in [0.25, 0.3) is 0 Å². The summed E-state index contributed by atoms with van der Waals surface area (Å²) < 4.78 is 1.91. The minimum absolute atomic E-state index is 0.275.